The second kappa shape index (κ2) is 29.3. The predicted octanol–water partition coefficient (Wildman–Crippen LogP) is 9.71. The fourth-order valence-electron chi connectivity index (χ4n) is 10.4. The Morgan fingerprint density at radius 2 is 0.829 bits per heavy atom. The number of hydrogen-bond donors (Lipinski definition) is 2. The van der Waals surface area contributed by atoms with E-state index in [0.717, 1.165) is 114 Å². The summed E-state index contributed by atoms with van der Waals surface area (Å²) in [4.78, 5) is 77.8. The van der Waals surface area contributed by atoms with Gasteiger partial charge in [-0.15, -0.1) is 0 Å². The molecule has 2 aliphatic heterocycles. The van der Waals surface area contributed by atoms with Gasteiger partial charge in [-0.2, -0.15) is 36.3 Å². The van der Waals surface area contributed by atoms with Crippen molar-refractivity contribution in [1.82, 2.24) is 48.8 Å². The van der Waals surface area contributed by atoms with Crippen molar-refractivity contribution in [2.45, 2.75) is 180 Å². The predicted molar refractivity (Wildman–Crippen MR) is 300 cm³/mol. The van der Waals surface area contributed by atoms with Gasteiger partial charge < -0.3 is 20.0 Å². The SMILES string of the molecule is CC(C)(C)c1nc(N2CCN(CCCCn3ccc(C4CCCCC4)nc3=O)CC2)cc(C(F)(F)F)n1.CC(C)(C)c1nc(N2CCN(CCCCn3ccc(C4CCCCC4)nc3=O)CC2)cc(C(F)(F)F)n1.O=C(O)C=CC(=O)O. The van der Waals surface area contributed by atoms with E-state index >= 15 is 0 Å². The summed E-state index contributed by atoms with van der Waals surface area (Å²) in [5, 5.41) is 15.6. The number of rotatable bonds is 16. The number of nitrogens with zero attached hydrogens (tertiary/aromatic N) is 12. The molecule has 0 spiro atoms. The van der Waals surface area contributed by atoms with Gasteiger partial charge in [0, 0.05) is 125 Å². The number of carboxylic acids is 2. The summed E-state index contributed by atoms with van der Waals surface area (Å²) in [6.07, 6.45) is 11.4. The van der Waals surface area contributed by atoms with Crippen LogP contribution >= 0.6 is 0 Å². The third kappa shape index (κ3) is 20.2. The van der Waals surface area contributed by atoms with Crippen LogP contribution in [0, 0.1) is 0 Å². The van der Waals surface area contributed by atoms with Crippen molar-refractivity contribution < 1.29 is 46.1 Å². The van der Waals surface area contributed by atoms with Crippen LogP contribution in [0.3, 0.4) is 0 Å². The zero-order valence-electron chi connectivity index (χ0n) is 48.3. The maximum atomic E-state index is 13.4. The molecule has 0 aromatic carbocycles. The van der Waals surface area contributed by atoms with Crippen LogP contribution in [0.5, 0.6) is 0 Å². The minimum Gasteiger partial charge on any atom is -0.478 e. The van der Waals surface area contributed by atoms with Crippen molar-refractivity contribution in [3.63, 3.8) is 0 Å². The van der Waals surface area contributed by atoms with E-state index < -0.39 is 46.5 Å². The van der Waals surface area contributed by atoms with Crippen LogP contribution in [-0.4, -0.2) is 136 Å². The molecule has 2 saturated heterocycles. The first-order valence-electron chi connectivity index (χ1n) is 28.8. The second-order valence-electron chi connectivity index (χ2n) is 23.8. The number of anilines is 2. The third-order valence-corrected chi connectivity index (χ3v) is 15.2. The van der Waals surface area contributed by atoms with Crippen molar-refractivity contribution in [2.24, 2.45) is 0 Å². The fourth-order valence-corrected chi connectivity index (χ4v) is 10.4. The fraction of sp³-hybridized carbons (Fsp3) is 0.655. The van der Waals surface area contributed by atoms with Crippen LogP contribution in [-0.2, 0) is 45.9 Å². The average molecular weight is 1160 g/mol. The Kier molecular flexibility index (Phi) is 23.2. The van der Waals surface area contributed by atoms with Gasteiger partial charge in [0.05, 0.1) is 11.4 Å². The van der Waals surface area contributed by atoms with E-state index in [1.54, 1.807) is 9.13 Å². The number of aryl methyl sites for hydroxylation is 2. The lowest BCUT2D eigenvalue weighted by molar-refractivity contribution is -0.142. The molecule has 82 heavy (non-hydrogen) atoms. The van der Waals surface area contributed by atoms with Crippen LogP contribution in [0.15, 0.2) is 58.4 Å². The molecule has 2 saturated carbocycles. The summed E-state index contributed by atoms with van der Waals surface area (Å²) in [6, 6.07) is 6.16. The Hall–Kier alpha value is -6.30. The number of hydrogen-bond acceptors (Lipinski definition) is 14. The normalized spacial score (nSPS) is 17.5. The molecule has 2 aliphatic carbocycles. The van der Waals surface area contributed by atoms with E-state index in [9.17, 15) is 45.5 Å². The van der Waals surface area contributed by atoms with Gasteiger partial charge in [0.25, 0.3) is 0 Å². The lowest BCUT2D eigenvalue weighted by atomic mass is 9.87. The molecule has 4 aromatic heterocycles. The summed E-state index contributed by atoms with van der Waals surface area (Å²) in [5.41, 5.74) is -1.36. The van der Waals surface area contributed by atoms with Crippen LogP contribution in [0.4, 0.5) is 38.0 Å². The summed E-state index contributed by atoms with van der Waals surface area (Å²) in [6.45, 7) is 19.5. The second-order valence-corrected chi connectivity index (χ2v) is 23.8. The topological polar surface area (TPSA) is 209 Å². The standard InChI is InChI=1S/2C27H39F3N6O.C4H4O4/c2*1-26(2,3)24-32-22(27(28,29)30)19-23(33-24)35-17-15-34(16-18-35)12-7-8-13-36-14-11-21(31-25(36)37)20-9-5-4-6-10-20;5-3(6)1-2-4(7)8/h2*11,14,19-20H,4-10,12-13,15-18H2,1-3H3;1-2H,(H,5,6)(H,7,8). The number of unbranched alkanes of at least 4 members (excludes halogenated alkanes) is 2. The molecule has 0 bridgehead atoms. The number of carboxylic acid groups (broad SMARTS) is 2. The first-order chi connectivity index (χ1) is 38.6. The van der Waals surface area contributed by atoms with E-state index in [-0.39, 0.29) is 23.0 Å². The average Bonchev–Trinajstić information content (AvgIpc) is 3.52. The third-order valence-electron chi connectivity index (χ3n) is 15.2. The first-order valence-corrected chi connectivity index (χ1v) is 28.8. The van der Waals surface area contributed by atoms with Crippen molar-refractivity contribution in [3.05, 3.63) is 104 Å². The van der Waals surface area contributed by atoms with Gasteiger partial charge in [0.1, 0.15) is 34.7 Å². The lowest BCUT2D eigenvalue weighted by Gasteiger charge is -2.36. The van der Waals surface area contributed by atoms with E-state index in [4.69, 9.17) is 10.2 Å². The molecular weight excluding hydrogens is 1070 g/mol. The van der Waals surface area contributed by atoms with Crippen molar-refractivity contribution in [2.75, 3.05) is 75.2 Å². The van der Waals surface area contributed by atoms with Gasteiger partial charge in [-0.25, -0.2) is 39.1 Å². The Balaban J connectivity index is 0.000000233. The number of aliphatic carboxylic acids is 2. The van der Waals surface area contributed by atoms with E-state index in [2.05, 4.69) is 39.7 Å². The highest BCUT2D eigenvalue weighted by Gasteiger charge is 2.37. The van der Waals surface area contributed by atoms with Gasteiger partial charge in [-0.05, 0) is 76.6 Å². The molecule has 4 aromatic rings. The maximum Gasteiger partial charge on any atom is 0.433 e. The summed E-state index contributed by atoms with van der Waals surface area (Å²) < 4.78 is 84.1. The zero-order chi connectivity index (χ0) is 59.8. The number of piperazine rings is 2. The van der Waals surface area contributed by atoms with E-state index in [1.807, 2.05) is 75.9 Å². The first kappa shape index (κ1) is 64.9. The highest BCUT2D eigenvalue weighted by molar-refractivity contribution is 5.89. The molecule has 2 N–H and O–H groups in total. The van der Waals surface area contributed by atoms with Crippen LogP contribution in [0.25, 0.3) is 0 Å². The molecule has 4 fully saturated rings. The highest BCUT2D eigenvalue weighted by Crippen LogP contribution is 2.35. The Bertz CT molecular complexity index is 2600. The molecule has 0 radical (unpaired) electrons. The quantitative estimate of drug-likeness (QED) is 0.0608. The van der Waals surface area contributed by atoms with Gasteiger partial charge >= 0.3 is 35.7 Å². The highest BCUT2D eigenvalue weighted by atomic mass is 19.4. The van der Waals surface area contributed by atoms with Gasteiger partial charge in [-0.1, -0.05) is 80.1 Å². The summed E-state index contributed by atoms with van der Waals surface area (Å²) in [7, 11) is 0. The lowest BCUT2D eigenvalue weighted by Crippen LogP contribution is -2.47. The zero-order valence-corrected chi connectivity index (χ0v) is 48.3. The minimum absolute atomic E-state index is 0.158. The number of carbonyl (C=O) groups is 2. The molecule has 0 amide bonds. The minimum atomic E-state index is -4.51. The maximum absolute atomic E-state index is 13.4. The monoisotopic (exact) mass is 1160 g/mol. The van der Waals surface area contributed by atoms with Crippen LogP contribution in [0.1, 0.15) is 178 Å². The van der Waals surface area contributed by atoms with Crippen molar-refractivity contribution in [3.8, 4) is 0 Å². The summed E-state index contributed by atoms with van der Waals surface area (Å²) >= 11 is 0. The Labute approximate surface area is 476 Å². The molecule has 0 atom stereocenters. The summed E-state index contributed by atoms with van der Waals surface area (Å²) in [5.74, 6) is -0.562. The molecular formula is C58H82F6N12O6. The van der Waals surface area contributed by atoms with E-state index in [1.165, 1.54) is 38.5 Å². The van der Waals surface area contributed by atoms with Crippen LogP contribution in [0.2, 0.25) is 0 Å². The van der Waals surface area contributed by atoms with Crippen molar-refractivity contribution >= 4 is 23.6 Å². The van der Waals surface area contributed by atoms with Gasteiger partial charge in [0.15, 0.2) is 0 Å². The largest absolute Gasteiger partial charge is 0.478 e. The van der Waals surface area contributed by atoms with E-state index in [0.29, 0.717) is 74.9 Å². The van der Waals surface area contributed by atoms with Crippen molar-refractivity contribution in [1.29, 1.82) is 0 Å². The van der Waals surface area contributed by atoms with Gasteiger partial charge in [-0.3, -0.25) is 18.9 Å². The Morgan fingerprint density at radius 3 is 1.12 bits per heavy atom. The number of alkyl halides is 6. The van der Waals surface area contributed by atoms with Gasteiger partial charge in [0.2, 0.25) is 0 Å². The molecule has 18 nitrogen and oxygen atoms in total. The molecule has 8 rings (SSSR count). The Morgan fingerprint density at radius 1 is 0.500 bits per heavy atom. The smallest absolute Gasteiger partial charge is 0.433 e. The van der Waals surface area contributed by atoms with Crippen LogP contribution < -0.4 is 21.2 Å². The molecule has 0 unspecified atom stereocenters. The molecule has 24 heteroatoms. The molecule has 6 heterocycles. The molecule has 452 valence electrons. The number of aromatic nitrogens is 8. The number of halogens is 6. The molecule has 4 aliphatic rings.